The Kier molecular flexibility index (Phi) is 19.4. The molecule has 4 nitrogen and oxygen atoms in total. The summed E-state index contributed by atoms with van der Waals surface area (Å²) in [6, 6.07) is 55.7. The van der Waals surface area contributed by atoms with Crippen LogP contribution in [0.4, 0.5) is 0 Å². The maximum absolute atomic E-state index is 5.22. The third kappa shape index (κ3) is 12.3. The topological polar surface area (TPSA) is 51.6 Å². The predicted molar refractivity (Wildman–Crippen MR) is 380 cm³/mol. The molecule has 0 saturated heterocycles. The number of nitrogens with zero attached hydrogens (tertiary/aromatic N) is 4. The van der Waals surface area contributed by atoms with Crippen LogP contribution in [0.2, 0.25) is 0 Å². The smallest absolute Gasteiger partial charge is 0.124 e. The Balaban J connectivity index is 0.886. The minimum Gasteiger partial charge on any atom is -0.254 e. The molecule has 0 N–H and O–H groups in total. The van der Waals surface area contributed by atoms with Crippen LogP contribution >= 0.6 is 22.7 Å². The Morgan fingerprint density at radius 3 is 0.943 bits per heavy atom. The number of benzene rings is 6. The Morgan fingerprint density at radius 2 is 0.648 bits per heavy atom. The van der Waals surface area contributed by atoms with Gasteiger partial charge in [-0.3, -0.25) is 9.97 Å². The number of aromatic nitrogens is 4. The van der Waals surface area contributed by atoms with Crippen molar-refractivity contribution in [2.75, 3.05) is 0 Å². The summed E-state index contributed by atoms with van der Waals surface area (Å²) in [4.78, 5) is 20.9. The second-order valence-electron chi connectivity index (χ2n) is 26.5. The summed E-state index contributed by atoms with van der Waals surface area (Å²) in [7, 11) is 0. The van der Waals surface area contributed by atoms with Crippen LogP contribution in [0, 0.1) is 23.7 Å². The van der Waals surface area contributed by atoms with Crippen molar-refractivity contribution < 1.29 is 0 Å². The van der Waals surface area contributed by atoms with E-state index in [1.165, 1.54) is 205 Å². The number of hydrogen-bond acceptors (Lipinski definition) is 6. The summed E-state index contributed by atoms with van der Waals surface area (Å²) in [5.74, 6) is 2.55. The molecule has 2 aliphatic rings. The fourth-order valence-electron chi connectivity index (χ4n) is 15.8. The van der Waals surface area contributed by atoms with Gasteiger partial charge >= 0.3 is 0 Å². The lowest BCUT2D eigenvalue weighted by Gasteiger charge is -2.39. The Hall–Kier alpha value is -6.60. The second-order valence-corrected chi connectivity index (χ2v) is 28.6. The molecule has 2 aliphatic carbocycles. The normalized spacial score (nSPS) is 17.2. The zero-order chi connectivity index (χ0) is 60.8. The highest BCUT2D eigenvalue weighted by molar-refractivity contribution is 7.22. The first-order valence-corrected chi connectivity index (χ1v) is 36.0. The van der Waals surface area contributed by atoms with Crippen LogP contribution in [0.15, 0.2) is 158 Å². The van der Waals surface area contributed by atoms with Crippen molar-refractivity contribution in [3.05, 3.63) is 180 Å². The van der Waals surface area contributed by atoms with E-state index in [0.29, 0.717) is 23.7 Å². The van der Waals surface area contributed by atoms with Gasteiger partial charge in [-0.2, -0.15) is 0 Å². The molecule has 0 fully saturated rings. The van der Waals surface area contributed by atoms with Gasteiger partial charge in [0.05, 0.1) is 31.8 Å². The van der Waals surface area contributed by atoms with Gasteiger partial charge in [-0.25, -0.2) is 9.97 Å². The molecule has 4 heterocycles. The van der Waals surface area contributed by atoms with Gasteiger partial charge in [0.15, 0.2) is 0 Å². The Morgan fingerprint density at radius 1 is 0.341 bits per heavy atom. The fourth-order valence-corrected chi connectivity index (χ4v) is 17.8. The first kappa shape index (κ1) is 61.6. The molecule has 0 saturated carbocycles. The summed E-state index contributed by atoms with van der Waals surface area (Å²) >= 11 is 3.65. The van der Waals surface area contributed by atoms with Gasteiger partial charge < -0.3 is 0 Å². The molecule has 6 aromatic carbocycles. The lowest BCUT2D eigenvalue weighted by molar-refractivity contribution is 0.266. The number of unbranched alkanes of at least 4 members (excludes halogenated alkanes) is 4. The van der Waals surface area contributed by atoms with Crippen molar-refractivity contribution in [3.63, 3.8) is 0 Å². The summed E-state index contributed by atoms with van der Waals surface area (Å²) < 4.78 is 2.49. The molecular formula is C82H94N4S2. The van der Waals surface area contributed by atoms with Crippen LogP contribution in [0.1, 0.15) is 206 Å². The van der Waals surface area contributed by atoms with E-state index in [1.807, 2.05) is 22.7 Å². The van der Waals surface area contributed by atoms with Crippen LogP contribution in [0.5, 0.6) is 0 Å². The van der Waals surface area contributed by atoms with Crippen LogP contribution in [0.25, 0.3) is 97.5 Å². The summed E-state index contributed by atoms with van der Waals surface area (Å²) in [6.07, 6.45) is 28.8. The van der Waals surface area contributed by atoms with Gasteiger partial charge in [0.2, 0.25) is 0 Å². The van der Waals surface area contributed by atoms with Crippen molar-refractivity contribution in [2.45, 2.75) is 195 Å². The molecule has 88 heavy (non-hydrogen) atoms. The van der Waals surface area contributed by atoms with E-state index >= 15 is 0 Å². The van der Waals surface area contributed by atoms with Crippen LogP contribution in [0.3, 0.4) is 0 Å². The standard InChI is InChI=1S/C82H94N4S2/c1-9-17-25-55(13-5)49-81(50-56(14-6)26-18-10-2)69-45-59(33-39-65(69)67-41-35-61(47-71(67)81)79-85-75-29-21-23-31-77(75)87-79)63-37-43-73(83-53-63)74-44-38-64(54-84-74)60-34-40-66-68-42-36-62(80-86-76-30-22-24-32-78(76)88-80)48-72(68)82(70(66)46-60,51-57(15-7)27-19-11-3)52-58(16-8)28-20-12-4/h21-24,29-48,53-58H,9-20,25-28,49-52H2,1-8H3. The number of pyridine rings is 2. The molecule has 0 spiro atoms. The molecule has 0 aliphatic heterocycles. The van der Waals surface area contributed by atoms with Gasteiger partial charge in [0.1, 0.15) is 10.0 Å². The van der Waals surface area contributed by atoms with Gasteiger partial charge in [-0.15, -0.1) is 22.7 Å². The molecule has 0 bridgehead atoms. The quantitative estimate of drug-likeness (QED) is 0.0469. The van der Waals surface area contributed by atoms with Gasteiger partial charge in [0.25, 0.3) is 0 Å². The number of rotatable bonds is 29. The predicted octanol–water partition coefficient (Wildman–Crippen LogP) is 25.0. The zero-order valence-corrected chi connectivity index (χ0v) is 55.7. The number of thiazole rings is 2. The number of hydrogen-bond donors (Lipinski definition) is 0. The van der Waals surface area contributed by atoms with E-state index in [1.54, 1.807) is 0 Å². The van der Waals surface area contributed by atoms with Gasteiger partial charge in [0, 0.05) is 45.5 Å². The van der Waals surface area contributed by atoms with E-state index in [2.05, 4.69) is 213 Å². The third-order valence-corrected chi connectivity index (χ3v) is 23.2. The highest BCUT2D eigenvalue weighted by atomic mass is 32.1. The van der Waals surface area contributed by atoms with Crippen LogP contribution < -0.4 is 0 Å². The zero-order valence-electron chi connectivity index (χ0n) is 54.1. The summed E-state index contributed by atoms with van der Waals surface area (Å²) in [6.45, 7) is 19.2. The molecule has 0 radical (unpaired) electrons. The average molecular weight is 1200 g/mol. The van der Waals surface area contributed by atoms with Gasteiger partial charge in [-0.1, -0.05) is 243 Å². The highest BCUT2D eigenvalue weighted by Gasteiger charge is 2.47. The van der Waals surface area contributed by atoms with Gasteiger partial charge in [-0.05, 0) is 166 Å². The average Bonchev–Trinajstić information content (AvgIpc) is 1.63. The summed E-state index contributed by atoms with van der Waals surface area (Å²) in [5, 5.41) is 2.23. The molecule has 12 rings (SSSR count). The molecule has 4 aromatic heterocycles. The number of para-hydroxylation sites is 2. The molecule has 6 heteroatoms. The van der Waals surface area contributed by atoms with Crippen LogP contribution in [-0.2, 0) is 10.8 Å². The maximum Gasteiger partial charge on any atom is 0.124 e. The van der Waals surface area contributed by atoms with Crippen molar-refractivity contribution in [3.8, 4) is 77.0 Å². The molecule has 10 aromatic rings. The minimum atomic E-state index is -0.111. The Bertz CT molecular complexity index is 3620. The first-order valence-electron chi connectivity index (χ1n) is 34.4. The monoisotopic (exact) mass is 1200 g/mol. The van der Waals surface area contributed by atoms with Crippen molar-refractivity contribution in [2.24, 2.45) is 23.7 Å². The molecule has 4 unspecified atom stereocenters. The van der Waals surface area contributed by atoms with E-state index in [-0.39, 0.29) is 10.8 Å². The van der Waals surface area contributed by atoms with Crippen molar-refractivity contribution >= 4 is 43.1 Å². The third-order valence-electron chi connectivity index (χ3n) is 21.0. The largest absolute Gasteiger partial charge is 0.254 e. The SMILES string of the molecule is CCCCC(CC)CC1(CC(CC)CCCC)c2cc(-c3ccc(-c4ccc(-c5ccc6c(c5)C(CC(CC)CCCC)(CC(CC)CCCC)c5cc(-c7nc8ccccc8s7)ccc5-6)cn4)nc3)ccc2-c2ccc(-c3nc4ccccc4s3)cc21. The van der Waals surface area contributed by atoms with Crippen molar-refractivity contribution in [1.82, 2.24) is 19.9 Å². The molecular weight excluding hydrogens is 1110 g/mol. The van der Waals surface area contributed by atoms with E-state index in [9.17, 15) is 0 Å². The molecule has 4 atom stereocenters. The minimum absolute atomic E-state index is 0.111. The first-order chi connectivity index (χ1) is 43.2. The van der Waals surface area contributed by atoms with E-state index in [0.717, 1.165) is 43.6 Å². The van der Waals surface area contributed by atoms with Crippen LogP contribution in [-0.4, -0.2) is 19.9 Å². The lowest BCUT2D eigenvalue weighted by Crippen LogP contribution is -2.31. The highest BCUT2D eigenvalue weighted by Crippen LogP contribution is 2.60. The Labute approximate surface area is 535 Å². The lowest BCUT2D eigenvalue weighted by atomic mass is 9.65. The fraction of sp³-hybridized carbons (Fsp3) is 0.415. The second kappa shape index (κ2) is 27.6. The van der Waals surface area contributed by atoms with E-state index < -0.39 is 0 Å². The molecule has 454 valence electrons. The number of fused-ring (bicyclic) bond motifs is 8. The van der Waals surface area contributed by atoms with Crippen molar-refractivity contribution in [1.29, 1.82) is 0 Å². The summed E-state index contributed by atoms with van der Waals surface area (Å²) in [5.41, 5.74) is 22.7. The maximum atomic E-state index is 5.22. The molecule has 0 amide bonds. The van der Waals surface area contributed by atoms with E-state index in [4.69, 9.17) is 19.9 Å².